The van der Waals surface area contributed by atoms with E-state index >= 15 is 0 Å². The van der Waals surface area contributed by atoms with Crippen LogP contribution >= 0.6 is 0 Å². The summed E-state index contributed by atoms with van der Waals surface area (Å²) in [6, 6.07) is 8.58. The number of methoxy groups -OCH3 is 1. The van der Waals surface area contributed by atoms with Gasteiger partial charge in [-0.1, -0.05) is 24.3 Å². The Morgan fingerprint density at radius 2 is 1.77 bits per heavy atom. The van der Waals surface area contributed by atoms with E-state index in [0.717, 1.165) is 81.7 Å². The molecule has 3 aliphatic heterocycles. The number of aromatic amines is 1. The molecule has 0 unspecified atom stereocenters. The number of hydrogen-bond acceptors (Lipinski definition) is 7. The molecule has 204 valence electrons. The molecule has 2 spiro atoms. The van der Waals surface area contributed by atoms with Crippen LogP contribution in [0.4, 0.5) is 4.79 Å². The molecule has 1 aromatic carbocycles. The van der Waals surface area contributed by atoms with Crippen LogP contribution in [0.3, 0.4) is 0 Å². The van der Waals surface area contributed by atoms with Crippen LogP contribution in [0.1, 0.15) is 54.7 Å². The molecule has 2 aromatic heterocycles. The van der Waals surface area contributed by atoms with Crippen LogP contribution in [0.2, 0.25) is 0 Å². The summed E-state index contributed by atoms with van der Waals surface area (Å²) in [6.07, 6.45) is 6.41. The zero-order chi connectivity index (χ0) is 26.2. The Balaban J connectivity index is 0.802. The van der Waals surface area contributed by atoms with Crippen LogP contribution in [0.5, 0.6) is 0 Å². The van der Waals surface area contributed by atoms with Gasteiger partial charge in [0.25, 0.3) is 0 Å². The molecule has 39 heavy (non-hydrogen) atoms. The highest BCUT2D eigenvalue weighted by molar-refractivity contribution is 5.77. The number of hydrogen-bond donors (Lipinski definition) is 1. The molecule has 3 aromatic rings. The highest BCUT2D eigenvalue weighted by Crippen LogP contribution is 2.56. The van der Waals surface area contributed by atoms with Gasteiger partial charge in [0.05, 0.1) is 0 Å². The van der Waals surface area contributed by atoms with Gasteiger partial charge < -0.3 is 14.5 Å². The highest BCUT2D eigenvalue weighted by Gasteiger charge is 2.58. The minimum absolute atomic E-state index is 0.227. The first-order chi connectivity index (χ1) is 19.0. The van der Waals surface area contributed by atoms with Crippen molar-refractivity contribution in [3.63, 3.8) is 0 Å². The molecule has 1 N–H and O–H groups in total. The fraction of sp³-hybridized carbons (Fsp3) is 0.607. The number of carbonyl (C=O) groups excluding carboxylic acids is 1. The Morgan fingerprint density at radius 3 is 2.51 bits per heavy atom. The number of amides is 2. The Hall–Kier alpha value is -3.31. The van der Waals surface area contributed by atoms with Crippen LogP contribution in [0.25, 0.3) is 11.4 Å². The van der Waals surface area contributed by atoms with Gasteiger partial charge in [-0.2, -0.15) is 5.10 Å². The van der Waals surface area contributed by atoms with Gasteiger partial charge in [0.15, 0.2) is 11.6 Å². The first-order valence-electron chi connectivity index (χ1n) is 14.2. The summed E-state index contributed by atoms with van der Waals surface area (Å²) >= 11 is 0. The van der Waals surface area contributed by atoms with Crippen molar-refractivity contribution in [2.75, 3.05) is 46.4 Å². The van der Waals surface area contributed by atoms with Crippen LogP contribution in [-0.2, 0) is 18.0 Å². The largest absolute Gasteiger partial charge is 0.362 e. The number of benzene rings is 1. The van der Waals surface area contributed by atoms with Gasteiger partial charge in [-0.25, -0.2) is 19.4 Å². The molecular formula is C28H35N9O2. The van der Waals surface area contributed by atoms with Gasteiger partial charge in [-0.3, -0.25) is 10.00 Å². The summed E-state index contributed by atoms with van der Waals surface area (Å²) in [6.45, 7) is 6.85. The first-order valence-corrected chi connectivity index (χ1v) is 14.2. The maximum absolute atomic E-state index is 13.1. The second-order valence-electron chi connectivity index (χ2n) is 12.8. The minimum atomic E-state index is 0.227. The minimum Gasteiger partial charge on any atom is -0.362 e. The lowest BCUT2D eigenvalue weighted by atomic mass is 9.57. The third-order valence-electron chi connectivity index (χ3n) is 9.42. The normalized spacial score (nSPS) is 23.4. The number of aromatic nitrogens is 6. The smallest absolute Gasteiger partial charge is 0.320 e. The van der Waals surface area contributed by atoms with Gasteiger partial charge in [0.2, 0.25) is 0 Å². The molecule has 2 amide bonds. The van der Waals surface area contributed by atoms with E-state index < -0.39 is 0 Å². The van der Waals surface area contributed by atoms with E-state index in [4.69, 9.17) is 9.72 Å². The molecule has 0 atom stereocenters. The van der Waals surface area contributed by atoms with Crippen molar-refractivity contribution in [2.24, 2.45) is 10.8 Å². The third kappa shape index (κ3) is 4.05. The van der Waals surface area contributed by atoms with Gasteiger partial charge in [-0.15, -0.1) is 5.10 Å². The summed E-state index contributed by atoms with van der Waals surface area (Å²) in [5, 5.41) is 12.2. The van der Waals surface area contributed by atoms with Gasteiger partial charge in [0.1, 0.15) is 18.9 Å². The fourth-order valence-corrected chi connectivity index (χ4v) is 7.38. The summed E-state index contributed by atoms with van der Waals surface area (Å²) in [7, 11) is 1.65. The van der Waals surface area contributed by atoms with Crippen molar-refractivity contribution in [3.05, 3.63) is 47.8 Å². The van der Waals surface area contributed by atoms with E-state index in [1.54, 1.807) is 18.1 Å². The lowest BCUT2D eigenvalue weighted by molar-refractivity contribution is -0.116. The van der Waals surface area contributed by atoms with Gasteiger partial charge in [0, 0.05) is 81.2 Å². The second-order valence-corrected chi connectivity index (χ2v) is 12.8. The van der Waals surface area contributed by atoms with Crippen LogP contribution in [0.15, 0.2) is 30.6 Å². The maximum Gasteiger partial charge on any atom is 0.320 e. The molecule has 11 heteroatoms. The average molecular weight is 530 g/mol. The zero-order valence-corrected chi connectivity index (χ0v) is 22.4. The number of carbonyl (C=O) groups is 1. The van der Waals surface area contributed by atoms with E-state index in [9.17, 15) is 4.79 Å². The summed E-state index contributed by atoms with van der Waals surface area (Å²) in [5.74, 6) is 3.87. The SMILES string of the molecule is COCn1cnc(-c2ccccc2CN2CC3(C2)CN(C(=O)N2CC4(CC(c5n[nH]c(C6CC6)n5)C4)C2)C3)n1. The Bertz CT molecular complexity index is 1380. The average Bonchev–Trinajstić information content (AvgIpc) is 3.39. The standard InChI is InChI=1S/C28H35N9O2/c1-39-18-37-17-29-25(33-37)22-5-3-2-4-20(22)10-34-11-28(12-34)15-36(16-28)26(38)35-13-27(14-35)8-21(9-27)24-30-23(31-32-24)19-6-7-19/h2-5,17,19,21H,6-16,18H2,1H3,(H,30,31,32). The quantitative estimate of drug-likeness (QED) is 0.501. The molecular weight excluding hydrogens is 494 g/mol. The summed E-state index contributed by atoms with van der Waals surface area (Å²) in [4.78, 5) is 28.9. The van der Waals surface area contributed by atoms with E-state index in [-0.39, 0.29) is 11.4 Å². The van der Waals surface area contributed by atoms with Crippen LogP contribution in [-0.4, -0.2) is 97.1 Å². The lowest BCUT2D eigenvalue weighted by Gasteiger charge is -2.63. The van der Waals surface area contributed by atoms with E-state index in [0.29, 0.717) is 24.0 Å². The topological polar surface area (TPSA) is 108 Å². The first kappa shape index (κ1) is 23.6. The molecule has 5 aliphatic rings. The Kier molecular flexibility index (Phi) is 5.19. The van der Waals surface area contributed by atoms with Crippen LogP contribution in [0, 0.1) is 10.8 Å². The molecule has 2 saturated carbocycles. The van der Waals surface area contributed by atoms with Crippen molar-refractivity contribution < 1.29 is 9.53 Å². The predicted octanol–water partition coefficient (Wildman–Crippen LogP) is 2.66. The monoisotopic (exact) mass is 529 g/mol. The van der Waals surface area contributed by atoms with E-state index in [1.165, 1.54) is 18.4 Å². The van der Waals surface area contributed by atoms with Gasteiger partial charge >= 0.3 is 6.03 Å². The number of H-pyrrole nitrogens is 1. The number of nitrogens with zero attached hydrogens (tertiary/aromatic N) is 8. The van der Waals surface area contributed by atoms with Crippen LogP contribution < -0.4 is 0 Å². The number of nitrogens with one attached hydrogen (secondary N) is 1. The number of urea groups is 1. The molecule has 2 aliphatic carbocycles. The second kappa shape index (κ2) is 8.59. The van der Waals surface area contributed by atoms with E-state index in [1.807, 2.05) is 6.07 Å². The fourth-order valence-electron chi connectivity index (χ4n) is 7.38. The Morgan fingerprint density at radius 1 is 1.03 bits per heavy atom. The number of rotatable bonds is 7. The van der Waals surface area contributed by atoms with Gasteiger partial charge in [-0.05, 0) is 31.2 Å². The van der Waals surface area contributed by atoms with E-state index in [2.05, 4.69) is 53.2 Å². The van der Waals surface area contributed by atoms with Crippen molar-refractivity contribution in [2.45, 2.75) is 50.8 Å². The summed E-state index contributed by atoms with van der Waals surface area (Å²) in [5.41, 5.74) is 2.86. The number of likely N-dealkylation sites (tertiary alicyclic amines) is 3. The zero-order valence-electron chi connectivity index (χ0n) is 22.4. The lowest BCUT2D eigenvalue weighted by Crippen LogP contribution is -2.75. The molecule has 5 heterocycles. The number of ether oxygens (including phenoxy) is 1. The molecule has 0 bridgehead atoms. The Labute approximate surface area is 227 Å². The van der Waals surface area contributed by atoms with Crippen molar-refractivity contribution in [3.8, 4) is 11.4 Å². The van der Waals surface area contributed by atoms with Crippen molar-refractivity contribution >= 4 is 6.03 Å². The predicted molar refractivity (Wildman–Crippen MR) is 141 cm³/mol. The summed E-state index contributed by atoms with van der Waals surface area (Å²) < 4.78 is 6.86. The van der Waals surface area contributed by atoms with Crippen molar-refractivity contribution in [1.82, 2.24) is 44.6 Å². The molecule has 0 radical (unpaired) electrons. The third-order valence-corrected chi connectivity index (χ3v) is 9.42. The molecule has 11 nitrogen and oxygen atoms in total. The molecule has 3 saturated heterocycles. The van der Waals surface area contributed by atoms with Crippen molar-refractivity contribution in [1.29, 1.82) is 0 Å². The highest BCUT2D eigenvalue weighted by atomic mass is 16.5. The molecule has 5 fully saturated rings. The maximum atomic E-state index is 13.1. The molecule has 8 rings (SSSR count).